The van der Waals surface area contributed by atoms with Crippen molar-refractivity contribution >= 4 is 10.0 Å². The number of piperidine rings is 1. The van der Waals surface area contributed by atoms with E-state index in [0.29, 0.717) is 12.8 Å². The van der Waals surface area contributed by atoms with Crippen LogP contribution in [0.15, 0.2) is 0 Å². The fourth-order valence-corrected chi connectivity index (χ4v) is 2.60. The third-order valence-corrected chi connectivity index (χ3v) is 4.25. The van der Waals surface area contributed by atoms with Gasteiger partial charge in [0.1, 0.15) is 5.54 Å². The molecule has 15 heavy (non-hydrogen) atoms. The van der Waals surface area contributed by atoms with E-state index in [0.717, 1.165) is 13.1 Å². The number of rotatable bonds is 3. The van der Waals surface area contributed by atoms with E-state index >= 15 is 0 Å². The summed E-state index contributed by atoms with van der Waals surface area (Å²) >= 11 is 0. The molecule has 0 atom stereocenters. The maximum absolute atomic E-state index is 11.4. The first-order valence-corrected chi connectivity index (χ1v) is 6.70. The highest BCUT2D eigenvalue weighted by Gasteiger charge is 2.36. The van der Waals surface area contributed by atoms with Crippen molar-refractivity contribution in [2.24, 2.45) is 0 Å². The van der Waals surface area contributed by atoms with Crippen molar-refractivity contribution in [2.45, 2.75) is 25.3 Å². The lowest BCUT2D eigenvalue weighted by atomic mass is 9.91. The molecular formula is C9H17N3O2S. The van der Waals surface area contributed by atoms with Crippen LogP contribution in [-0.2, 0) is 10.0 Å². The third kappa shape index (κ3) is 3.16. The molecule has 0 radical (unpaired) electrons. The summed E-state index contributed by atoms with van der Waals surface area (Å²) in [6.07, 6.45) is 1.11. The first-order chi connectivity index (χ1) is 6.93. The van der Waals surface area contributed by atoms with Crippen LogP contribution in [-0.4, -0.2) is 44.7 Å². The normalized spacial score (nSPS) is 22.2. The first-order valence-electron chi connectivity index (χ1n) is 5.04. The molecule has 1 saturated heterocycles. The maximum atomic E-state index is 11.4. The summed E-state index contributed by atoms with van der Waals surface area (Å²) in [6, 6.07) is 2.11. The van der Waals surface area contributed by atoms with E-state index in [4.69, 9.17) is 5.26 Å². The van der Waals surface area contributed by atoms with Crippen LogP contribution in [0, 0.1) is 11.3 Å². The molecule has 1 fully saturated rings. The summed E-state index contributed by atoms with van der Waals surface area (Å²) in [4.78, 5) is 2.09. The Balaban J connectivity index is 2.76. The molecule has 1 aliphatic heterocycles. The van der Waals surface area contributed by atoms with Gasteiger partial charge in [-0.25, -0.2) is 8.42 Å². The number of hydrogen-bond donors (Lipinski definition) is 1. The lowest BCUT2D eigenvalue weighted by Crippen LogP contribution is -2.54. The van der Waals surface area contributed by atoms with E-state index in [1.165, 1.54) is 0 Å². The van der Waals surface area contributed by atoms with Crippen LogP contribution in [0.2, 0.25) is 0 Å². The standard InChI is InChI=1S/C9H17N3O2S/c1-3-15(13,14)11-9(8-10)4-6-12(2)7-5-9/h11H,3-7H2,1-2H3. The quantitative estimate of drug-likeness (QED) is 0.737. The Bertz CT molecular complexity index is 350. The molecule has 1 rings (SSSR count). The monoisotopic (exact) mass is 231 g/mol. The summed E-state index contributed by atoms with van der Waals surface area (Å²) in [5.74, 6) is 0.0201. The molecule has 0 spiro atoms. The van der Waals surface area contributed by atoms with Crippen molar-refractivity contribution in [2.75, 3.05) is 25.9 Å². The fourth-order valence-electron chi connectivity index (χ4n) is 1.61. The average molecular weight is 231 g/mol. The van der Waals surface area contributed by atoms with Crippen molar-refractivity contribution in [3.8, 4) is 6.07 Å². The topological polar surface area (TPSA) is 73.2 Å². The van der Waals surface area contributed by atoms with Gasteiger partial charge in [-0.05, 0) is 26.8 Å². The van der Waals surface area contributed by atoms with Crippen molar-refractivity contribution in [1.29, 1.82) is 5.26 Å². The van der Waals surface area contributed by atoms with E-state index in [2.05, 4.69) is 15.7 Å². The summed E-state index contributed by atoms with van der Waals surface area (Å²) in [5.41, 5.74) is -0.888. The molecule has 0 aliphatic carbocycles. The third-order valence-electron chi connectivity index (χ3n) is 2.79. The van der Waals surface area contributed by atoms with Crippen LogP contribution in [0.4, 0.5) is 0 Å². The van der Waals surface area contributed by atoms with Gasteiger partial charge in [0.25, 0.3) is 0 Å². The molecule has 0 aromatic heterocycles. The van der Waals surface area contributed by atoms with Crippen LogP contribution >= 0.6 is 0 Å². The number of nitrogens with one attached hydrogen (secondary N) is 1. The molecule has 5 nitrogen and oxygen atoms in total. The second-order valence-electron chi connectivity index (χ2n) is 4.00. The van der Waals surface area contributed by atoms with Crippen molar-refractivity contribution < 1.29 is 8.42 Å². The maximum Gasteiger partial charge on any atom is 0.212 e. The number of likely N-dealkylation sites (tertiary alicyclic amines) is 1. The SMILES string of the molecule is CCS(=O)(=O)NC1(C#N)CCN(C)CC1. The van der Waals surface area contributed by atoms with Gasteiger partial charge in [0.05, 0.1) is 11.8 Å². The van der Waals surface area contributed by atoms with Gasteiger partial charge < -0.3 is 4.90 Å². The molecular weight excluding hydrogens is 214 g/mol. The second kappa shape index (κ2) is 4.47. The Morgan fingerprint density at radius 3 is 2.40 bits per heavy atom. The zero-order valence-corrected chi connectivity index (χ0v) is 9.97. The molecule has 86 valence electrons. The average Bonchev–Trinajstić information content (AvgIpc) is 2.22. The predicted molar refractivity (Wildman–Crippen MR) is 57.7 cm³/mol. The summed E-state index contributed by atoms with van der Waals surface area (Å²) < 4.78 is 25.4. The van der Waals surface area contributed by atoms with Crippen LogP contribution in [0.25, 0.3) is 0 Å². The molecule has 0 unspecified atom stereocenters. The highest BCUT2D eigenvalue weighted by atomic mass is 32.2. The minimum absolute atomic E-state index is 0.0201. The Labute approximate surface area is 91.1 Å². The van der Waals surface area contributed by atoms with Gasteiger partial charge in [0.2, 0.25) is 10.0 Å². The molecule has 0 saturated carbocycles. The van der Waals surface area contributed by atoms with Gasteiger partial charge in [-0.15, -0.1) is 0 Å². The molecule has 6 heteroatoms. The van der Waals surface area contributed by atoms with Crippen LogP contribution in [0.5, 0.6) is 0 Å². The van der Waals surface area contributed by atoms with E-state index in [-0.39, 0.29) is 5.75 Å². The lowest BCUT2D eigenvalue weighted by Gasteiger charge is -2.35. The lowest BCUT2D eigenvalue weighted by molar-refractivity contribution is 0.213. The number of nitriles is 1. The zero-order valence-electron chi connectivity index (χ0n) is 9.15. The largest absolute Gasteiger partial charge is 0.306 e. The zero-order chi connectivity index (χ0) is 11.5. The minimum Gasteiger partial charge on any atom is -0.306 e. The first kappa shape index (κ1) is 12.4. The Kier molecular flexibility index (Phi) is 3.71. The van der Waals surface area contributed by atoms with E-state index in [9.17, 15) is 8.42 Å². The predicted octanol–water partition coefficient (Wildman–Crippen LogP) is -0.0863. The van der Waals surface area contributed by atoms with E-state index in [1.54, 1.807) is 6.92 Å². The fraction of sp³-hybridized carbons (Fsp3) is 0.889. The number of sulfonamides is 1. The van der Waals surface area contributed by atoms with E-state index in [1.807, 2.05) is 7.05 Å². The van der Waals surface area contributed by atoms with Crippen LogP contribution in [0.1, 0.15) is 19.8 Å². The van der Waals surface area contributed by atoms with Gasteiger partial charge in [-0.1, -0.05) is 0 Å². The van der Waals surface area contributed by atoms with Gasteiger partial charge in [0.15, 0.2) is 0 Å². The summed E-state index contributed by atoms with van der Waals surface area (Å²) in [5, 5.41) is 9.09. The van der Waals surface area contributed by atoms with Crippen LogP contribution in [0.3, 0.4) is 0 Å². The van der Waals surface area contributed by atoms with Gasteiger partial charge in [-0.3, -0.25) is 0 Å². The van der Waals surface area contributed by atoms with Crippen LogP contribution < -0.4 is 4.72 Å². The number of hydrogen-bond acceptors (Lipinski definition) is 4. The Morgan fingerprint density at radius 1 is 1.47 bits per heavy atom. The molecule has 0 amide bonds. The highest BCUT2D eigenvalue weighted by molar-refractivity contribution is 7.89. The Hall–Kier alpha value is -0.640. The van der Waals surface area contributed by atoms with Crippen molar-refractivity contribution in [3.05, 3.63) is 0 Å². The minimum atomic E-state index is -3.30. The molecule has 1 heterocycles. The van der Waals surface area contributed by atoms with Crippen molar-refractivity contribution in [1.82, 2.24) is 9.62 Å². The molecule has 0 bridgehead atoms. The highest BCUT2D eigenvalue weighted by Crippen LogP contribution is 2.21. The molecule has 0 aromatic carbocycles. The molecule has 1 aliphatic rings. The second-order valence-corrected chi connectivity index (χ2v) is 6.01. The number of nitrogens with zero attached hydrogens (tertiary/aromatic N) is 2. The summed E-state index contributed by atoms with van der Waals surface area (Å²) in [7, 11) is -1.33. The van der Waals surface area contributed by atoms with Gasteiger partial charge in [-0.2, -0.15) is 9.98 Å². The molecule has 1 N–H and O–H groups in total. The van der Waals surface area contributed by atoms with Crippen molar-refractivity contribution in [3.63, 3.8) is 0 Å². The smallest absolute Gasteiger partial charge is 0.212 e. The summed E-state index contributed by atoms with van der Waals surface area (Å²) in [6.45, 7) is 3.07. The van der Waals surface area contributed by atoms with Gasteiger partial charge in [0, 0.05) is 13.1 Å². The Morgan fingerprint density at radius 2 is 2.00 bits per heavy atom. The van der Waals surface area contributed by atoms with Gasteiger partial charge >= 0.3 is 0 Å². The molecule has 0 aromatic rings. The van der Waals surface area contributed by atoms with E-state index < -0.39 is 15.6 Å².